The van der Waals surface area contributed by atoms with Crippen LogP contribution in [0.2, 0.25) is 0 Å². The Morgan fingerprint density at radius 3 is 2.59 bits per heavy atom. The average molecular weight is 308 g/mol. The third-order valence-corrected chi connectivity index (χ3v) is 2.80. The number of hydrogen-bond donors (Lipinski definition) is 2. The van der Waals surface area contributed by atoms with Gasteiger partial charge in [-0.25, -0.2) is 9.59 Å². The molecular weight excluding hydrogens is 288 g/mol. The number of benzene rings is 1. The molecule has 0 aliphatic heterocycles. The zero-order valence-electron chi connectivity index (χ0n) is 12.2. The summed E-state index contributed by atoms with van der Waals surface area (Å²) in [6.45, 7) is 0.513. The van der Waals surface area contributed by atoms with E-state index in [9.17, 15) is 9.59 Å². The van der Waals surface area contributed by atoms with Crippen molar-refractivity contribution in [1.82, 2.24) is 0 Å². The number of carbonyl (C=O) groups excluding carboxylic acids is 2. The number of rotatable bonds is 8. The lowest BCUT2D eigenvalue weighted by molar-refractivity contribution is -0.145. The van der Waals surface area contributed by atoms with Crippen LogP contribution >= 0.6 is 0 Å². The van der Waals surface area contributed by atoms with E-state index in [2.05, 4.69) is 15.1 Å². The van der Waals surface area contributed by atoms with Crippen molar-refractivity contribution in [3.05, 3.63) is 35.9 Å². The number of nitrogens with zero attached hydrogens (tertiary/aromatic N) is 2. The lowest BCUT2D eigenvalue weighted by Gasteiger charge is -2.06. The molecule has 0 saturated carbocycles. The predicted molar refractivity (Wildman–Crippen MR) is 78.5 cm³/mol. The standard InChI is InChI=1S/C14H20N4O4/c15-12(13(19)22-16)8-4-5-9-17-18-14(20)21-10-11-6-2-1-3-7-11/h1-3,6-7,12H,4-5,8-10,15-16H2. The normalized spacial score (nSPS) is 12.1. The van der Waals surface area contributed by atoms with Crippen LogP contribution in [0.4, 0.5) is 4.79 Å². The summed E-state index contributed by atoms with van der Waals surface area (Å²) in [4.78, 5) is 26.3. The maximum absolute atomic E-state index is 11.3. The summed E-state index contributed by atoms with van der Waals surface area (Å²) in [5.41, 5.74) is 6.38. The molecule has 8 nitrogen and oxygen atoms in total. The molecule has 0 radical (unpaired) electrons. The van der Waals surface area contributed by atoms with E-state index in [0.717, 1.165) is 5.56 Å². The van der Waals surface area contributed by atoms with E-state index in [4.69, 9.17) is 16.4 Å². The minimum absolute atomic E-state index is 0.161. The summed E-state index contributed by atoms with van der Waals surface area (Å²) in [7, 11) is 0. The lowest BCUT2D eigenvalue weighted by atomic mass is 10.1. The second kappa shape index (κ2) is 10.4. The van der Waals surface area contributed by atoms with Crippen molar-refractivity contribution in [2.45, 2.75) is 31.9 Å². The minimum atomic E-state index is -0.738. The van der Waals surface area contributed by atoms with Crippen molar-refractivity contribution >= 4 is 12.1 Å². The van der Waals surface area contributed by atoms with E-state index in [0.29, 0.717) is 25.8 Å². The van der Waals surface area contributed by atoms with Crippen LogP contribution in [0, 0.1) is 0 Å². The second-order valence-electron chi connectivity index (χ2n) is 4.54. The minimum Gasteiger partial charge on any atom is -0.442 e. The molecule has 0 fully saturated rings. The molecule has 0 heterocycles. The Kier molecular flexibility index (Phi) is 8.39. The Bertz CT molecular complexity index is 493. The third-order valence-electron chi connectivity index (χ3n) is 2.80. The van der Waals surface area contributed by atoms with E-state index in [1.165, 1.54) is 0 Å². The van der Waals surface area contributed by atoms with Gasteiger partial charge in [-0.3, -0.25) is 0 Å². The van der Waals surface area contributed by atoms with Crippen LogP contribution < -0.4 is 11.6 Å². The Balaban J connectivity index is 2.10. The van der Waals surface area contributed by atoms with Gasteiger partial charge in [0.1, 0.15) is 12.6 Å². The highest BCUT2D eigenvalue weighted by Gasteiger charge is 2.13. The molecule has 1 rings (SSSR count). The fraction of sp³-hybridized carbons (Fsp3) is 0.429. The van der Waals surface area contributed by atoms with Gasteiger partial charge in [0.2, 0.25) is 0 Å². The van der Waals surface area contributed by atoms with Gasteiger partial charge in [-0.05, 0) is 24.8 Å². The Morgan fingerprint density at radius 2 is 1.91 bits per heavy atom. The van der Waals surface area contributed by atoms with Gasteiger partial charge >= 0.3 is 12.1 Å². The van der Waals surface area contributed by atoms with Crippen molar-refractivity contribution in [1.29, 1.82) is 0 Å². The van der Waals surface area contributed by atoms with Gasteiger partial charge in [0, 0.05) is 0 Å². The topological polar surface area (TPSA) is 129 Å². The van der Waals surface area contributed by atoms with Crippen LogP contribution in [0.15, 0.2) is 40.6 Å². The quantitative estimate of drug-likeness (QED) is 0.427. The molecule has 1 aromatic carbocycles. The molecule has 0 spiro atoms. The molecule has 0 aromatic heterocycles. The Morgan fingerprint density at radius 1 is 1.18 bits per heavy atom. The van der Waals surface area contributed by atoms with Crippen molar-refractivity contribution in [2.24, 2.45) is 21.9 Å². The maximum Gasteiger partial charge on any atom is 0.452 e. The van der Waals surface area contributed by atoms with Gasteiger partial charge in [0.15, 0.2) is 0 Å². The van der Waals surface area contributed by atoms with Gasteiger partial charge in [-0.1, -0.05) is 35.4 Å². The zero-order chi connectivity index (χ0) is 16.2. The average Bonchev–Trinajstić information content (AvgIpc) is 2.56. The Hall–Kier alpha value is -2.32. The molecule has 1 amide bonds. The first kappa shape index (κ1) is 17.7. The largest absolute Gasteiger partial charge is 0.452 e. The fourth-order valence-electron chi connectivity index (χ4n) is 1.61. The van der Waals surface area contributed by atoms with E-state index < -0.39 is 18.1 Å². The number of unbranched alkanes of at least 4 members (excludes halogenated alkanes) is 1. The van der Waals surface area contributed by atoms with Crippen LogP contribution in [-0.4, -0.2) is 24.6 Å². The summed E-state index contributed by atoms with van der Waals surface area (Å²) in [6, 6.07) is 8.55. The molecular formula is C14H20N4O4. The van der Waals surface area contributed by atoms with Crippen molar-refractivity contribution in [3.8, 4) is 0 Å². The van der Waals surface area contributed by atoms with Gasteiger partial charge in [-0.2, -0.15) is 11.0 Å². The molecule has 8 heteroatoms. The smallest absolute Gasteiger partial charge is 0.442 e. The molecule has 0 aliphatic rings. The lowest BCUT2D eigenvalue weighted by Crippen LogP contribution is -2.33. The van der Waals surface area contributed by atoms with Crippen molar-refractivity contribution < 1.29 is 19.2 Å². The van der Waals surface area contributed by atoms with Gasteiger partial charge in [0.05, 0.1) is 6.54 Å². The monoisotopic (exact) mass is 308 g/mol. The highest BCUT2D eigenvalue weighted by molar-refractivity contribution is 5.74. The van der Waals surface area contributed by atoms with E-state index in [1.807, 2.05) is 30.3 Å². The summed E-state index contributed by atoms with van der Waals surface area (Å²) >= 11 is 0. The maximum atomic E-state index is 11.3. The fourth-order valence-corrected chi connectivity index (χ4v) is 1.61. The molecule has 22 heavy (non-hydrogen) atoms. The Labute approximate surface area is 128 Å². The van der Waals surface area contributed by atoms with Crippen LogP contribution in [0.1, 0.15) is 24.8 Å². The number of azo groups is 1. The van der Waals surface area contributed by atoms with Crippen molar-refractivity contribution in [2.75, 3.05) is 6.54 Å². The number of hydrogen-bond acceptors (Lipinski definition) is 7. The first-order valence-corrected chi connectivity index (χ1v) is 6.88. The molecule has 1 unspecified atom stereocenters. The summed E-state index contributed by atoms with van der Waals surface area (Å²) in [5, 5.41) is 7.14. The van der Waals surface area contributed by atoms with Crippen LogP contribution in [0.3, 0.4) is 0 Å². The summed E-state index contributed by atoms with van der Waals surface area (Å²) in [6.07, 6.45) is 0.992. The predicted octanol–water partition coefficient (Wildman–Crippen LogP) is 1.69. The molecule has 1 atom stereocenters. The summed E-state index contributed by atoms with van der Waals surface area (Å²) < 4.78 is 4.92. The van der Waals surface area contributed by atoms with E-state index in [-0.39, 0.29) is 6.61 Å². The molecule has 4 N–H and O–H groups in total. The molecule has 0 aliphatic carbocycles. The molecule has 0 saturated heterocycles. The van der Waals surface area contributed by atoms with Gasteiger partial charge < -0.3 is 15.3 Å². The number of amides is 1. The molecule has 120 valence electrons. The first-order valence-electron chi connectivity index (χ1n) is 6.88. The highest BCUT2D eigenvalue weighted by atomic mass is 16.7. The van der Waals surface area contributed by atoms with Crippen LogP contribution in [0.25, 0.3) is 0 Å². The van der Waals surface area contributed by atoms with Crippen LogP contribution in [0.5, 0.6) is 0 Å². The number of carbonyl (C=O) groups is 2. The highest BCUT2D eigenvalue weighted by Crippen LogP contribution is 2.03. The molecule has 0 bridgehead atoms. The second-order valence-corrected chi connectivity index (χ2v) is 4.54. The molecule has 1 aromatic rings. The number of ether oxygens (including phenoxy) is 1. The number of nitrogens with two attached hydrogens (primary N) is 2. The summed E-state index contributed by atoms with van der Waals surface area (Å²) in [5.74, 6) is 4.07. The van der Waals surface area contributed by atoms with Gasteiger partial charge in [-0.15, -0.1) is 0 Å². The van der Waals surface area contributed by atoms with E-state index in [1.54, 1.807) is 0 Å². The first-order chi connectivity index (χ1) is 10.6. The van der Waals surface area contributed by atoms with Gasteiger partial charge in [0.25, 0.3) is 0 Å². The zero-order valence-corrected chi connectivity index (χ0v) is 12.2. The third kappa shape index (κ3) is 7.46. The van der Waals surface area contributed by atoms with E-state index >= 15 is 0 Å². The van der Waals surface area contributed by atoms with Crippen molar-refractivity contribution in [3.63, 3.8) is 0 Å². The SMILES string of the molecule is NOC(=O)C(N)CCCCN=NC(=O)OCc1ccccc1. The van der Waals surface area contributed by atoms with Crippen LogP contribution in [-0.2, 0) is 21.0 Å².